The van der Waals surface area contributed by atoms with Gasteiger partial charge in [-0.2, -0.15) is 4.37 Å². The summed E-state index contributed by atoms with van der Waals surface area (Å²) in [6.45, 7) is 4.12. The number of aromatic nitrogens is 1. The molecular weight excluding hydrogens is 352 g/mol. The molecule has 3 rings (SSSR count). The lowest BCUT2D eigenvalue weighted by Crippen LogP contribution is -2.39. The number of nitrogens with zero attached hydrogens (tertiary/aromatic N) is 2. The van der Waals surface area contributed by atoms with Crippen molar-refractivity contribution >= 4 is 24.0 Å². The first kappa shape index (κ1) is 18.5. The Hall–Kier alpha value is -2.25. The number of hydrogen-bond acceptors (Lipinski definition) is 7. The van der Waals surface area contributed by atoms with E-state index < -0.39 is 6.23 Å². The van der Waals surface area contributed by atoms with E-state index in [1.807, 2.05) is 30.3 Å². The predicted molar refractivity (Wildman–Crippen MR) is 98.0 cm³/mol. The molecule has 0 bridgehead atoms. The minimum atomic E-state index is -0.429. The molecular formula is C19H22N2O4S. The molecule has 2 unspecified atom stereocenters. The molecule has 0 aliphatic carbocycles. The van der Waals surface area contributed by atoms with Crippen molar-refractivity contribution < 1.29 is 19.1 Å². The Morgan fingerprint density at radius 3 is 2.96 bits per heavy atom. The van der Waals surface area contributed by atoms with Gasteiger partial charge in [0.1, 0.15) is 0 Å². The predicted octanol–water partition coefficient (Wildman–Crippen LogP) is 3.37. The fraction of sp³-hybridized carbons (Fsp3) is 0.421. The lowest BCUT2D eigenvalue weighted by molar-refractivity contribution is -0.145. The second kappa shape index (κ2) is 8.91. The first-order valence-corrected chi connectivity index (χ1v) is 9.57. The summed E-state index contributed by atoms with van der Waals surface area (Å²) >= 11 is 1.27. The molecule has 0 N–H and O–H groups in total. The van der Waals surface area contributed by atoms with E-state index in [9.17, 15) is 9.59 Å². The zero-order chi connectivity index (χ0) is 18.4. The van der Waals surface area contributed by atoms with Gasteiger partial charge in [0.25, 0.3) is 6.47 Å². The van der Waals surface area contributed by atoms with E-state index in [1.54, 1.807) is 12.3 Å². The van der Waals surface area contributed by atoms with Crippen LogP contribution in [0.3, 0.4) is 0 Å². The molecule has 1 aromatic carbocycles. The topological polar surface area (TPSA) is 68.7 Å². The van der Waals surface area contributed by atoms with Crippen molar-refractivity contribution in [3.05, 3.63) is 52.5 Å². The number of likely N-dealkylation sites (tertiary alicyclic amines) is 1. The van der Waals surface area contributed by atoms with E-state index in [4.69, 9.17) is 9.47 Å². The van der Waals surface area contributed by atoms with Gasteiger partial charge in [0.2, 0.25) is 0 Å². The van der Waals surface area contributed by atoms with Gasteiger partial charge in [0.15, 0.2) is 6.23 Å². The minimum Gasteiger partial charge on any atom is -0.462 e. The molecule has 1 fully saturated rings. The van der Waals surface area contributed by atoms with Crippen LogP contribution in [0.4, 0.5) is 0 Å². The molecule has 2 atom stereocenters. The highest BCUT2D eigenvalue weighted by Gasteiger charge is 2.32. The van der Waals surface area contributed by atoms with E-state index >= 15 is 0 Å². The SMILES string of the molecule is CCOC(=O)c1csnc1C1CCCN(C(OC=O)c2ccccc2)C1. The third-order valence-electron chi connectivity index (χ3n) is 4.53. The van der Waals surface area contributed by atoms with Crippen molar-refractivity contribution in [1.29, 1.82) is 0 Å². The maximum atomic E-state index is 12.2. The summed E-state index contributed by atoms with van der Waals surface area (Å²) in [6.07, 6.45) is 1.45. The molecule has 0 spiro atoms. The quantitative estimate of drug-likeness (QED) is 0.547. The van der Waals surface area contributed by atoms with Crippen molar-refractivity contribution in [3.8, 4) is 0 Å². The van der Waals surface area contributed by atoms with Gasteiger partial charge < -0.3 is 9.47 Å². The third kappa shape index (κ3) is 4.11. The molecule has 0 radical (unpaired) electrons. The summed E-state index contributed by atoms with van der Waals surface area (Å²) in [5, 5.41) is 1.75. The van der Waals surface area contributed by atoms with Gasteiger partial charge in [-0.25, -0.2) is 4.79 Å². The number of benzene rings is 1. The average Bonchev–Trinajstić information content (AvgIpc) is 3.17. The molecule has 7 heteroatoms. The van der Waals surface area contributed by atoms with Crippen LogP contribution in [0, 0.1) is 0 Å². The molecule has 2 aromatic rings. The Balaban J connectivity index is 1.80. The van der Waals surface area contributed by atoms with Gasteiger partial charge >= 0.3 is 5.97 Å². The highest BCUT2D eigenvalue weighted by atomic mass is 32.1. The summed E-state index contributed by atoms with van der Waals surface area (Å²) in [5.41, 5.74) is 2.27. The molecule has 1 aliphatic rings. The Labute approximate surface area is 156 Å². The van der Waals surface area contributed by atoms with E-state index in [-0.39, 0.29) is 11.9 Å². The molecule has 1 aromatic heterocycles. The van der Waals surface area contributed by atoms with Crippen molar-refractivity contribution in [2.45, 2.75) is 31.9 Å². The lowest BCUT2D eigenvalue weighted by Gasteiger charge is -2.36. The largest absolute Gasteiger partial charge is 0.462 e. The van der Waals surface area contributed by atoms with Crippen molar-refractivity contribution in [1.82, 2.24) is 9.27 Å². The zero-order valence-corrected chi connectivity index (χ0v) is 15.5. The third-order valence-corrected chi connectivity index (χ3v) is 5.18. The molecule has 26 heavy (non-hydrogen) atoms. The Morgan fingerprint density at radius 1 is 1.42 bits per heavy atom. The van der Waals surface area contributed by atoms with Gasteiger partial charge in [0.05, 0.1) is 17.9 Å². The van der Waals surface area contributed by atoms with Crippen molar-refractivity contribution in [2.24, 2.45) is 0 Å². The van der Waals surface area contributed by atoms with Crippen molar-refractivity contribution in [3.63, 3.8) is 0 Å². The molecule has 1 saturated heterocycles. The molecule has 0 amide bonds. The molecule has 2 heterocycles. The van der Waals surface area contributed by atoms with Gasteiger partial charge in [-0.15, -0.1) is 0 Å². The second-order valence-electron chi connectivity index (χ2n) is 6.16. The van der Waals surface area contributed by atoms with Crippen LogP contribution in [0.15, 0.2) is 35.7 Å². The highest BCUT2D eigenvalue weighted by molar-refractivity contribution is 7.03. The Morgan fingerprint density at radius 2 is 2.23 bits per heavy atom. The molecule has 6 nitrogen and oxygen atoms in total. The van der Waals surface area contributed by atoms with E-state index in [1.165, 1.54) is 11.5 Å². The van der Waals surface area contributed by atoms with Gasteiger partial charge in [-0.1, -0.05) is 30.3 Å². The van der Waals surface area contributed by atoms with E-state index in [2.05, 4.69) is 9.27 Å². The first-order valence-electron chi connectivity index (χ1n) is 8.74. The monoisotopic (exact) mass is 374 g/mol. The summed E-state index contributed by atoms with van der Waals surface area (Å²) in [6, 6.07) is 9.69. The molecule has 138 valence electrons. The second-order valence-corrected chi connectivity index (χ2v) is 6.79. The standard InChI is InChI=1S/C19H22N2O4S/c1-2-24-19(23)16-12-26-20-17(16)15-9-6-10-21(11-15)18(25-13-22)14-7-4-3-5-8-14/h3-5,7-8,12-13,15,18H,2,6,9-11H2,1H3. The zero-order valence-electron chi connectivity index (χ0n) is 14.7. The van der Waals surface area contributed by atoms with Crippen LogP contribution in [0.2, 0.25) is 0 Å². The van der Waals surface area contributed by atoms with Gasteiger partial charge in [0, 0.05) is 30.0 Å². The van der Waals surface area contributed by atoms with E-state index in [0.29, 0.717) is 25.2 Å². The van der Waals surface area contributed by atoms with E-state index in [0.717, 1.165) is 30.6 Å². The number of hydrogen-bond donors (Lipinski definition) is 0. The highest BCUT2D eigenvalue weighted by Crippen LogP contribution is 2.34. The maximum absolute atomic E-state index is 12.2. The average molecular weight is 374 g/mol. The number of carbonyl (C=O) groups is 2. The number of carbonyl (C=O) groups excluding carboxylic acids is 2. The molecule has 1 aliphatic heterocycles. The van der Waals surface area contributed by atoms with Crippen LogP contribution in [0.1, 0.15) is 53.5 Å². The lowest BCUT2D eigenvalue weighted by atomic mass is 9.92. The number of piperidine rings is 1. The van der Waals surface area contributed by atoms with Crippen LogP contribution in [-0.2, 0) is 14.3 Å². The van der Waals surface area contributed by atoms with Crippen LogP contribution in [0.25, 0.3) is 0 Å². The summed E-state index contributed by atoms with van der Waals surface area (Å²) in [5.74, 6) is -0.215. The first-order chi connectivity index (χ1) is 12.7. The number of rotatable bonds is 7. The summed E-state index contributed by atoms with van der Waals surface area (Å²) in [4.78, 5) is 25.3. The number of esters is 1. The van der Waals surface area contributed by atoms with Crippen LogP contribution >= 0.6 is 11.5 Å². The minimum absolute atomic E-state index is 0.107. The fourth-order valence-electron chi connectivity index (χ4n) is 3.39. The Kier molecular flexibility index (Phi) is 6.35. The van der Waals surface area contributed by atoms with Crippen LogP contribution < -0.4 is 0 Å². The van der Waals surface area contributed by atoms with Crippen molar-refractivity contribution in [2.75, 3.05) is 19.7 Å². The summed E-state index contributed by atoms with van der Waals surface area (Å²) in [7, 11) is 0. The molecule has 0 saturated carbocycles. The smallest absolute Gasteiger partial charge is 0.340 e. The normalized spacial score (nSPS) is 18.9. The Bertz CT molecular complexity index is 734. The summed E-state index contributed by atoms with van der Waals surface area (Å²) < 4.78 is 15.0. The van der Waals surface area contributed by atoms with Crippen LogP contribution in [-0.4, -0.2) is 41.4 Å². The van der Waals surface area contributed by atoms with Gasteiger partial charge in [-0.3, -0.25) is 9.69 Å². The van der Waals surface area contributed by atoms with Gasteiger partial charge in [-0.05, 0) is 31.3 Å². The fourth-order valence-corrected chi connectivity index (χ4v) is 4.13. The maximum Gasteiger partial charge on any atom is 0.340 e. The van der Waals surface area contributed by atoms with Crippen LogP contribution in [0.5, 0.6) is 0 Å². The number of ether oxygens (including phenoxy) is 2.